The number of aromatic nitrogens is 4. The van der Waals surface area contributed by atoms with Gasteiger partial charge in [0.15, 0.2) is 5.82 Å². The fourth-order valence-corrected chi connectivity index (χ4v) is 4.17. The zero-order valence-electron chi connectivity index (χ0n) is 18.5. The Morgan fingerprint density at radius 1 is 0.909 bits per heavy atom. The Bertz CT molecular complexity index is 1200. The maximum atomic E-state index is 5.81. The van der Waals surface area contributed by atoms with Gasteiger partial charge in [-0.1, -0.05) is 12.1 Å². The first-order chi connectivity index (χ1) is 16.3. The quantitative estimate of drug-likeness (QED) is 0.398. The van der Waals surface area contributed by atoms with Crippen LogP contribution in [-0.2, 0) is 6.54 Å². The second-order valence-electron chi connectivity index (χ2n) is 7.94. The van der Waals surface area contributed by atoms with Gasteiger partial charge in [0, 0.05) is 30.7 Å². The third-order valence-corrected chi connectivity index (χ3v) is 5.77. The largest absolute Gasteiger partial charge is 0.497 e. The number of rotatable bonds is 7. The van der Waals surface area contributed by atoms with E-state index < -0.39 is 0 Å². The van der Waals surface area contributed by atoms with Crippen LogP contribution in [0.4, 0.5) is 0 Å². The minimum atomic E-state index is 0.257. The van der Waals surface area contributed by atoms with Crippen LogP contribution in [-0.4, -0.2) is 38.5 Å². The van der Waals surface area contributed by atoms with Crippen molar-refractivity contribution in [1.82, 2.24) is 24.8 Å². The molecule has 5 rings (SSSR count). The molecule has 0 aliphatic carbocycles. The van der Waals surface area contributed by atoms with Gasteiger partial charge in [0.05, 0.1) is 18.8 Å². The molecule has 3 heterocycles. The minimum absolute atomic E-state index is 0.257. The maximum Gasteiger partial charge on any atom is 0.321 e. The highest BCUT2D eigenvalue weighted by atomic mass is 16.5. The van der Waals surface area contributed by atoms with Gasteiger partial charge in [0.25, 0.3) is 0 Å². The van der Waals surface area contributed by atoms with Crippen LogP contribution >= 0.6 is 0 Å². The van der Waals surface area contributed by atoms with Crippen molar-refractivity contribution >= 4 is 0 Å². The predicted molar refractivity (Wildman–Crippen MR) is 125 cm³/mol. The molecule has 4 aromatic rings. The van der Waals surface area contributed by atoms with Crippen molar-refractivity contribution in [1.29, 1.82) is 0 Å². The Balaban J connectivity index is 1.32. The van der Waals surface area contributed by atoms with Crippen LogP contribution in [0.25, 0.3) is 11.4 Å². The molecule has 0 saturated carbocycles. The van der Waals surface area contributed by atoms with Gasteiger partial charge in [-0.2, -0.15) is 0 Å². The van der Waals surface area contributed by atoms with Crippen molar-refractivity contribution in [2.45, 2.75) is 25.4 Å². The van der Waals surface area contributed by atoms with E-state index in [0.29, 0.717) is 6.01 Å². The molecule has 0 N–H and O–H groups in total. The molecule has 1 aliphatic rings. The van der Waals surface area contributed by atoms with Crippen molar-refractivity contribution in [3.8, 4) is 28.9 Å². The summed E-state index contributed by atoms with van der Waals surface area (Å²) in [5.41, 5.74) is 3.22. The predicted octanol–water partition coefficient (Wildman–Crippen LogP) is 5.07. The Morgan fingerprint density at radius 3 is 2.58 bits per heavy atom. The second-order valence-corrected chi connectivity index (χ2v) is 7.94. The lowest BCUT2D eigenvalue weighted by molar-refractivity contribution is 0.244. The van der Waals surface area contributed by atoms with E-state index in [0.717, 1.165) is 54.5 Å². The number of nitrogens with zero attached hydrogens (tertiary/aromatic N) is 5. The first-order valence-electron chi connectivity index (χ1n) is 11.0. The fraction of sp³-hybridized carbons (Fsp3) is 0.231. The smallest absolute Gasteiger partial charge is 0.321 e. The van der Waals surface area contributed by atoms with Crippen LogP contribution < -0.4 is 9.47 Å². The van der Waals surface area contributed by atoms with Gasteiger partial charge in [-0.05, 0) is 73.5 Å². The Morgan fingerprint density at radius 2 is 1.76 bits per heavy atom. The van der Waals surface area contributed by atoms with Crippen molar-refractivity contribution in [3.05, 3.63) is 90.5 Å². The summed E-state index contributed by atoms with van der Waals surface area (Å²) < 4.78 is 11.1. The van der Waals surface area contributed by atoms with Gasteiger partial charge in [0.1, 0.15) is 11.5 Å². The molecule has 0 bridgehead atoms. The topological polar surface area (TPSA) is 73.3 Å². The standard InChI is InChI=1S/C26H25N5O2/c1-32-21-10-8-20(9-11-21)25-27-15-12-23(30-25)24-7-3-16-31(24)18-19-5-2-6-22(17-19)33-26-28-13-4-14-29-26/h2,4-6,8-15,17,24H,3,7,16,18H2,1H3/t24-/m1/s1. The molecule has 2 aromatic carbocycles. The van der Waals surface area contributed by atoms with Crippen molar-refractivity contribution in [3.63, 3.8) is 0 Å². The summed E-state index contributed by atoms with van der Waals surface area (Å²) in [4.78, 5) is 20.2. The lowest BCUT2D eigenvalue weighted by Gasteiger charge is -2.24. The number of hydrogen-bond acceptors (Lipinski definition) is 7. The van der Waals surface area contributed by atoms with Gasteiger partial charge in [0.2, 0.25) is 0 Å². The van der Waals surface area contributed by atoms with Crippen molar-refractivity contribution < 1.29 is 9.47 Å². The van der Waals surface area contributed by atoms with Crippen LogP contribution in [0.5, 0.6) is 17.5 Å². The molecule has 0 radical (unpaired) electrons. The highest BCUT2D eigenvalue weighted by Crippen LogP contribution is 2.33. The Kier molecular flexibility index (Phi) is 6.21. The molecule has 33 heavy (non-hydrogen) atoms. The summed E-state index contributed by atoms with van der Waals surface area (Å²) in [6.45, 7) is 1.85. The van der Waals surface area contributed by atoms with Gasteiger partial charge in [-0.25, -0.2) is 19.9 Å². The molecule has 1 atom stereocenters. The van der Waals surface area contributed by atoms with E-state index in [-0.39, 0.29) is 6.04 Å². The van der Waals surface area contributed by atoms with Gasteiger partial charge >= 0.3 is 6.01 Å². The van der Waals surface area contributed by atoms with Crippen molar-refractivity contribution in [2.24, 2.45) is 0 Å². The molecule has 1 aliphatic heterocycles. The van der Waals surface area contributed by atoms with Crippen LogP contribution in [0.15, 0.2) is 79.3 Å². The van der Waals surface area contributed by atoms with Crippen LogP contribution in [0.1, 0.15) is 30.1 Å². The van der Waals surface area contributed by atoms with E-state index in [1.54, 1.807) is 25.6 Å². The SMILES string of the molecule is COc1ccc(-c2nccc([C@H]3CCCN3Cc3cccc(Oc4ncccn4)c3)n2)cc1. The van der Waals surface area contributed by atoms with Crippen LogP contribution in [0.3, 0.4) is 0 Å². The normalized spacial score (nSPS) is 16.0. The number of hydrogen-bond donors (Lipinski definition) is 0. The van der Waals surface area contributed by atoms with E-state index in [4.69, 9.17) is 14.5 Å². The number of ether oxygens (including phenoxy) is 2. The molecule has 0 unspecified atom stereocenters. The number of methoxy groups -OCH3 is 1. The summed E-state index contributed by atoms with van der Waals surface area (Å²) in [6, 6.07) is 20.4. The van der Waals surface area contributed by atoms with E-state index in [9.17, 15) is 0 Å². The summed E-state index contributed by atoms with van der Waals surface area (Å²) in [5, 5.41) is 0. The lowest BCUT2D eigenvalue weighted by atomic mass is 10.1. The average molecular weight is 440 g/mol. The first kappa shape index (κ1) is 21.0. The van der Waals surface area contributed by atoms with Crippen molar-refractivity contribution in [2.75, 3.05) is 13.7 Å². The molecule has 0 amide bonds. The Labute approximate surface area is 193 Å². The third-order valence-electron chi connectivity index (χ3n) is 5.77. The average Bonchev–Trinajstić information content (AvgIpc) is 3.33. The molecular weight excluding hydrogens is 414 g/mol. The minimum Gasteiger partial charge on any atom is -0.497 e. The molecule has 7 heteroatoms. The lowest BCUT2D eigenvalue weighted by Crippen LogP contribution is -2.23. The Hall–Kier alpha value is -3.84. The van der Waals surface area contributed by atoms with E-state index in [2.05, 4.69) is 32.0 Å². The van der Waals surface area contributed by atoms with Crippen LogP contribution in [0.2, 0.25) is 0 Å². The van der Waals surface area contributed by atoms with Gasteiger partial charge in [-0.3, -0.25) is 4.90 Å². The van der Waals surface area contributed by atoms with Crippen LogP contribution in [0, 0.1) is 0 Å². The highest BCUT2D eigenvalue weighted by molar-refractivity contribution is 5.56. The first-order valence-corrected chi connectivity index (χ1v) is 11.0. The number of benzene rings is 2. The zero-order valence-corrected chi connectivity index (χ0v) is 18.5. The molecule has 2 aromatic heterocycles. The number of likely N-dealkylation sites (tertiary alicyclic amines) is 1. The summed E-state index contributed by atoms with van der Waals surface area (Å²) in [7, 11) is 1.66. The van der Waals surface area contributed by atoms with Gasteiger partial charge < -0.3 is 9.47 Å². The fourth-order valence-electron chi connectivity index (χ4n) is 4.17. The van der Waals surface area contributed by atoms with E-state index in [1.165, 1.54) is 5.56 Å². The van der Waals surface area contributed by atoms with E-state index in [1.807, 2.05) is 48.7 Å². The molecule has 7 nitrogen and oxygen atoms in total. The second kappa shape index (κ2) is 9.75. The van der Waals surface area contributed by atoms with Gasteiger partial charge in [-0.15, -0.1) is 0 Å². The molecule has 1 fully saturated rings. The zero-order chi connectivity index (χ0) is 22.5. The molecule has 1 saturated heterocycles. The summed E-state index contributed by atoms with van der Waals surface area (Å²) in [5.74, 6) is 2.29. The summed E-state index contributed by atoms with van der Waals surface area (Å²) in [6.07, 6.45) is 7.41. The van der Waals surface area contributed by atoms with E-state index >= 15 is 0 Å². The summed E-state index contributed by atoms with van der Waals surface area (Å²) >= 11 is 0. The molecule has 0 spiro atoms. The monoisotopic (exact) mass is 439 g/mol. The molecular formula is C26H25N5O2. The third kappa shape index (κ3) is 4.99. The maximum absolute atomic E-state index is 5.81. The molecule has 166 valence electrons. The highest BCUT2D eigenvalue weighted by Gasteiger charge is 2.27.